The van der Waals surface area contributed by atoms with Crippen molar-refractivity contribution in [2.45, 2.75) is 39.7 Å². The molecule has 0 aliphatic rings. The molecule has 0 fully saturated rings. The van der Waals surface area contributed by atoms with Crippen LogP contribution in [0.15, 0.2) is 36.5 Å². The maximum absolute atomic E-state index is 12.2. The Morgan fingerprint density at radius 2 is 2.12 bits per heavy atom. The quantitative estimate of drug-likeness (QED) is 0.537. The molecule has 0 saturated carbocycles. The number of aromatic nitrogens is 2. The van der Waals surface area contributed by atoms with E-state index in [0.29, 0.717) is 23.9 Å². The number of nitrogens with zero attached hydrogens (tertiary/aromatic N) is 2. The summed E-state index contributed by atoms with van der Waals surface area (Å²) in [7, 11) is 1.61. The van der Waals surface area contributed by atoms with Gasteiger partial charge in [-0.15, -0.1) is 0 Å². The van der Waals surface area contributed by atoms with E-state index in [1.165, 1.54) is 6.08 Å². The number of carbonyl (C=O) groups is 1. The zero-order valence-corrected chi connectivity index (χ0v) is 15.9. The van der Waals surface area contributed by atoms with Crippen LogP contribution in [0.2, 0.25) is 0 Å². The summed E-state index contributed by atoms with van der Waals surface area (Å²) in [5, 5.41) is 7.03. The van der Waals surface area contributed by atoms with Gasteiger partial charge < -0.3 is 14.8 Å². The zero-order chi connectivity index (χ0) is 18.9. The van der Waals surface area contributed by atoms with Gasteiger partial charge in [-0.2, -0.15) is 5.10 Å². The van der Waals surface area contributed by atoms with Gasteiger partial charge in [-0.05, 0) is 44.0 Å². The molecule has 1 amide bonds. The summed E-state index contributed by atoms with van der Waals surface area (Å²) in [6, 6.07) is 7.56. The van der Waals surface area contributed by atoms with Gasteiger partial charge in [-0.25, -0.2) is 4.68 Å². The Morgan fingerprint density at radius 1 is 1.31 bits per heavy atom. The second kappa shape index (κ2) is 9.65. The Bertz CT molecular complexity index is 751. The van der Waals surface area contributed by atoms with Crippen LogP contribution < -0.4 is 14.8 Å². The smallest absolute Gasteiger partial charge is 0.249 e. The number of rotatable bonds is 9. The first-order valence-corrected chi connectivity index (χ1v) is 8.88. The lowest BCUT2D eigenvalue weighted by Crippen LogP contribution is -2.14. The third-order valence-corrected chi connectivity index (χ3v) is 3.78. The average molecular weight is 357 g/mol. The summed E-state index contributed by atoms with van der Waals surface area (Å²) in [5.74, 6) is 1.83. The molecule has 0 spiro atoms. The molecule has 0 atom stereocenters. The van der Waals surface area contributed by atoms with Gasteiger partial charge in [0.05, 0.1) is 19.9 Å². The van der Waals surface area contributed by atoms with Crippen LogP contribution >= 0.6 is 0 Å². The first-order valence-electron chi connectivity index (χ1n) is 8.88. The van der Waals surface area contributed by atoms with Crippen LogP contribution in [0.25, 0.3) is 6.08 Å². The molecule has 1 aromatic carbocycles. The molecule has 0 aliphatic heterocycles. The third kappa shape index (κ3) is 5.37. The van der Waals surface area contributed by atoms with E-state index in [2.05, 4.69) is 17.3 Å². The van der Waals surface area contributed by atoms with Crippen molar-refractivity contribution >= 4 is 17.8 Å². The fraction of sp³-hybridized carbons (Fsp3) is 0.400. The molecule has 0 saturated heterocycles. The molecule has 0 radical (unpaired) electrons. The molecule has 1 aromatic heterocycles. The van der Waals surface area contributed by atoms with Crippen molar-refractivity contribution in [2.24, 2.45) is 0 Å². The fourth-order valence-electron chi connectivity index (χ4n) is 2.40. The van der Waals surface area contributed by atoms with Crippen molar-refractivity contribution in [2.75, 3.05) is 19.0 Å². The van der Waals surface area contributed by atoms with Crippen LogP contribution in [0.4, 0.5) is 5.82 Å². The first kappa shape index (κ1) is 19.6. The summed E-state index contributed by atoms with van der Waals surface area (Å²) in [6.07, 6.45) is 6.97. The van der Waals surface area contributed by atoms with Crippen LogP contribution in [-0.4, -0.2) is 29.4 Å². The second-order valence-electron chi connectivity index (χ2n) is 6.19. The van der Waals surface area contributed by atoms with Gasteiger partial charge >= 0.3 is 0 Å². The minimum atomic E-state index is -0.213. The normalized spacial score (nSPS) is 11.1. The van der Waals surface area contributed by atoms with Gasteiger partial charge in [0, 0.05) is 18.2 Å². The number of carbonyl (C=O) groups excluding carboxylic acids is 1. The van der Waals surface area contributed by atoms with E-state index < -0.39 is 0 Å². The minimum Gasteiger partial charge on any atom is -0.493 e. The number of hydrogen-bond donors (Lipinski definition) is 1. The van der Waals surface area contributed by atoms with Crippen molar-refractivity contribution in [3.63, 3.8) is 0 Å². The van der Waals surface area contributed by atoms with E-state index in [0.717, 1.165) is 18.4 Å². The number of amides is 1. The third-order valence-electron chi connectivity index (χ3n) is 3.78. The number of benzene rings is 1. The van der Waals surface area contributed by atoms with Crippen molar-refractivity contribution in [3.8, 4) is 11.5 Å². The Labute approximate surface area is 154 Å². The maximum atomic E-state index is 12.2. The van der Waals surface area contributed by atoms with Crippen LogP contribution in [-0.2, 0) is 4.79 Å². The topological polar surface area (TPSA) is 65.4 Å². The van der Waals surface area contributed by atoms with Crippen LogP contribution in [0, 0.1) is 0 Å². The first-order chi connectivity index (χ1) is 12.5. The molecule has 1 N–H and O–H groups in total. The van der Waals surface area contributed by atoms with Crippen molar-refractivity contribution in [1.29, 1.82) is 0 Å². The summed E-state index contributed by atoms with van der Waals surface area (Å²) in [4.78, 5) is 12.2. The van der Waals surface area contributed by atoms with Gasteiger partial charge in [0.15, 0.2) is 11.5 Å². The summed E-state index contributed by atoms with van der Waals surface area (Å²) in [6.45, 7) is 6.80. The maximum Gasteiger partial charge on any atom is 0.249 e. The lowest BCUT2D eigenvalue weighted by Gasteiger charge is -2.11. The lowest BCUT2D eigenvalue weighted by atomic mass is 10.2. The summed E-state index contributed by atoms with van der Waals surface area (Å²) < 4.78 is 12.9. The van der Waals surface area contributed by atoms with Gasteiger partial charge in [0.1, 0.15) is 5.82 Å². The Morgan fingerprint density at radius 3 is 2.81 bits per heavy atom. The largest absolute Gasteiger partial charge is 0.493 e. The Kier molecular flexibility index (Phi) is 7.26. The molecule has 0 unspecified atom stereocenters. The standard InChI is InChI=1S/C20H27N3O3/c1-5-6-13-26-17-9-7-16(14-18(17)25-4)8-10-20(24)22-19-11-12-21-23(19)15(2)3/h7-12,14-15H,5-6,13H2,1-4H3,(H,22,24)/b10-8+. The number of nitrogens with one attached hydrogen (secondary N) is 1. The number of hydrogen-bond acceptors (Lipinski definition) is 4. The monoisotopic (exact) mass is 357 g/mol. The van der Waals surface area contributed by atoms with Crippen LogP contribution in [0.3, 0.4) is 0 Å². The molecule has 2 aromatic rings. The summed E-state index contributed by atoms with van der Waals surface area (Å²) >= 11 is 0. The van der Waals surface area contributed by atoms with E-state index >= 15 is 0 Å². The van der Waals surface area contributed by atoms with Crippen molar-refractivity contribution in [1.82, 2.24) is 9.78 Å². The highest BCUT2D eigenvalue weighted by atomic mass is 16.5. The molecule has 0 aliphatic carbocycles. The molecule has 0 bridgehead atoms. The van der Waals surface area contributed by atoms with Gasteiger partial charge in [0.2, 0.25) is 5.91 Å². The van der Waals surface area contributed by atoms with Crippen LogP contribution in [0.1, 0.15) is 45.2 Å². The van der Waals surface area contributed by atoms with E-state index in [9.17, 15) is 4.79 Å². The molecule has 6 heteroatoms. The van der Waals surface area contributed by atoms with E-state index in [1.54, 1.807) is 30.1 Å². The zero-order valence-electron chi connectivity index (χ0n) is 15.9. The molecule has 1 heterocycles. The highest BCUT2D eigenvalue weighted by Crippen LogP contribution is 2.28. The average Bonchev–Trinajstić information content (AvgIpc) is 3.09. The summed E-state index contributed by atoms with van der Waals surface area (Å²) in [5.41, 5.74) is 0.859. The SMILES string of the molecule is CCCCOc1ccc(/C=C/C(=O)Nc2ccnn2C(C)C)cc1OC. The van der Waals surface area contributed by atoms with Gasteiger partial charge in [0.25, 0.3) is 0 Å². The van der Waals surface area contributed by atoms with Crippen LogP contribution in [0.5, 0.6) is 11.5 Å². The van der Waals surface area contributed by atoms with E-state index in [-0.39, 0.29) is 11.9 Å². The predicted molar refractivity (Wildman–Crippen MR) is 104 cm³/mol. The Balaban J connectivity index is 2.02. The lowest BCUT2D eigenvalue weighted by molar-refractivity contribution is -0.111. The Hall–Kier alpha value is -2.76. The van der Waals surface area contributed by atoms with Crippen molar-refractivity contribution in [3.05, 3.63) is 42.1 Å². The number of methoxy groups -OCH3 is 1. The highest BCUT2D eigenvalue weighted by Gasteiger charge is 2.08. The van der Waals surface area contributed by atoms with E-state index in [1.807, 2.05) is 32.0 Å². The fourth-order valence-corrected chi connectivity index (χ4v) is 2.40. The number of anilines is 1. The van der Waals surface area contributed by atoms with Gasteiger partial charge in [-0.3, -0.25) is 4.79 Å². The number of ether oxygens (including phenoxy) is 2. The molecule has 26 heavy (non-hydrogen) atoms. The highest BCUT2D eigenvalue weighted by molar-refractivity contribution is 6.01. The second-order valence-corrected chi connectivity index (χ2v) is 6.19. The molecular weight excluding hydrogens is 330 g/mol. The predicted octanol–water partition coefficient (Wildman–Crippen LogP) is 4.30. The molecule has 140 valence electrons. The van der Waals surface area contributed by atoms with Crippen molar-refractivity contribution < 1.29 is 14.3 Å². The molecule has 6 nitrogen and oxygen atoms in total. The molecule has 2 rings (SSSR count). The minimum absolute atomic E-state index is 0.175. The molecular formula is C20H27N3O3. The van der Waals surface area contributed by atoms with Gasteiger partial charge in [-0.1, -0.05) is 19.4 Å². The number of unbranched alkanes of at least 4 members (excludes halogenated alkanes) is 1. The van der Waals surface area contributed by atoms with E-state index in [4.69, 9.17) is 9.47 Å².